The third-order valence-electron chi connectivity index (χ3n) is 6.43. The Bertz CT molecular complexity index is 1690. The van der Waals surface area contributed by atoms with Crippen molar-refractivity contribution in [2.24, 2.45) is 0 Å². The molecule has 0 spiro atoms. The first-order chi connectivity index (χ1) is 19.4. The van der Waals surface area contributed by atoms with Gasteiger partial charge in [0.2, 0.25) is 0 Å². The average molecular weight is 620 g/mol. The van der Waals surface area contributed by atoms with E-state index in [1.807, 2.05) is 66.2 Å². The molecule has 1 N–H and O–H groups in total. The summed E-state index contributed by atoms with van der Waals surface area (Å²) in [6, 6.07) is 21.6. The second-order valence-corrected chi connectivity index (χ2v) is 10.8. The number of carboxylic acids is 1. The number of methoxy groups -OCH3 is 2. The maximum Gasteiger partial charge on any atom is 0.342 e. The van der Waals surface area contributed by atoms with E-state index in [1.165, 1.54) is 0 Å². The number of carboxylic acid groups (broad SMARTS) is 1. The zero-order valence-corrected chi connectivity index (χ0v) is 24.6. The first kappa shape index (κ1) is 27.5. The lowest BCUT2D eigenvalue weighted by Gasteiger charge is -2.10. The van der Waals surface area contributed by atoms with Crippen LogP contribution >= 0.6 is 27.7 Å². The summed E-state index contributed by atoms with van der Waals surface area (Å²) >= 11 is 4.56. The van der Waals surface area contributed by atoms with Gasteiger partial charge in [-0.3, -0.25) is 0 Å². The maximum atomic E-state index is 12.4. The molecule has 0 aliphatic heterocycles. The molecular weight excluding hydrogens is 592 g/mol. The molecule has 0 amide bonds. The van der Waals surface area contributed by atoms with Gasteiger partial charge in [0, 0.05) is 51.9 Å². The highest BCUT2D eigenvalue weighted by Crippen LogP contribution is 2.34. The summed E-state index contributed by atoms with van der Waals surface area (Å²) in [5, 5.41) is 20.4. The van der Waals surface area contributed by atoms with Crippen molar-refractivity contribution in [3.8, 4) is 22.9 Å². The van der Waals surface area contributed by atoms with Crippen LogP contribution in [0.25, 0.3) is 28.4 Å². The summed E-state index contributed by atoms with van der Waals surface area (Å²) in [7, 11) is 3.17. The predicted octanol–water partition coefficient (Wildman–Crippen LogP) is 6.97. The molecule has 0 saturated heterocycles. The van der Waals surface area contributed by atoms with Crippen LogP contribution < -0.4 is 9.47 Å². The van der Waals surface area contributed by atoms with Crippen LogP contribution in [0.1, 0.15) is 18.1 Å². The molecule has 2 aromatic heterocycles. The van der Waals surface area contributed by atoms with Gasteiger partial charge in [0.05, 0.1) is 14.2 Å². The average Bonchev–Trinajstić information content (AvgIpc) is 3.54. The standard InChI is InChI=1S/C30H27BrN4O4S/c1-4-35-28(20-13-23(38-2)16-24(14-20)39-3)32-33-30(35)40-27(29(36)37)15-21-18-34(26-8-6-5-7-25(21)26)17-19-9-11-22(31)12-10-19/h5-16,18H,4,17H2,1-3H3,(H,36,37)/b27-15-. The Morgan fingerprint density at radius 3 is 2.38 bits per heavy atom. The van der Waals surface area contributed by atoms with Crippen LogP contribution in [-0.4, -0.2) is 44.6 Å². The Balaban J connectivity index is 1.51. The van der Waals surface area contributed by atoms with Crippen molar-refractivity contribution in [2.45, 2.75) is 25.2 Å². The summed E-state index contributed by atoms with van der Waals surface area (Å²) in [5.74, 6) is 0.808. The molecule has 2 heterocycles. The molecule has 3 aromatic carbocycles. The molecule has 204 valence electrons. The molecule has 10 heteroatoms. The van der Waals surface area contributed by atoms with Crippen molar-refractivity contribution in [3.05, 3.63) is 93.4 Å². The molecular formula is C30H27BrN4O4S. The highest BCUT2D eigenvalue weighted by molar-refractivity contribution is 9.10. The Morgan fingerprint density at radius 1 is 1.02 bits per heavy atom. The Labute approximate surface area is 244 Å². The van der Waals surface area contributed by atoms with Crippen molar-refractivity contribution in [1.29, 1.82) is 0 Å². The number of hydrogen-bond donors (Lipinski definition) is 1. The number of fused-ring (bicyclic) bond motifs is 1. The molecule has 0 aliphatic carbocycles. The number of thioether (sulfide) groups is 1. The van der Waals surface area contributed by atoms with Gasteiger partial charge in [0.15, 0.2) is 11.0 Å². The number of aromatic nitrogens is 4. The van der Waals surface area contributed by atoms with Gasteiger partial charge in [-0.1, -0.05) is 46.3 Å². The van der Waals surface area contributed by atoms with Gasteiger partial charge in [-0.25, -0.2) is 4.79 Å². The minimum Gasteiger partial charge on any atom is -0.497 e. The topological polar surface area (TPSA) is 91.4 Å². The van der Waals surface area contributed by atoms with E-state index < -0.39 is 5.97 Å². The van der Waals surface area contributed by atoms with E-state index >= 15 is 0 Å². The van der Waals surface area contributed by atoms with E-state index in [4.69, 9.17) is 9.47 Å². The summed E-state index contributed by atoms with van der Waals surface area (Å²) in [6.45, 7) is 3.17. The Hall–Kier alpha value is -4.02. The maximum absolute atomic E-state index is 12.4. The Morgan fingerprint density at radius 2 is 1.73 bits per heavy atom. The van der Waals surface area contributed by atoms with Crippen LogP contribution in [-0.2, 0) is 17.9 Å². The largest absolute Gasteiger partial charge is 0.497 e. The third kappa shape index (κ3) is 5.78. The second-order valence-electron chi connectivity index (χ2n) is 8.92. The third-order valence-corrected chi connectivity index (χ3v) is 7.95. The summed E-state index contributed by atoms with van der Waals surface area (Å²) in [6.07, 6.45) is 3.70. The van der Waals surface area contributed by atoms with E-state index in [9.17, 15) is 9.90 Å². The lowest BCUT2D eigenvalue weighted by molar-refractivity contribution is -0.131. The molecule has 40 heavy (non-hydrogen) atoms. The van der Waals surface area contributed by atoms with Crippen molar-refractivity contribution in [3.63, 3.8) is 0 Å². The fraction of sp³-hybridized carbons (Fsp3) is 0.167. The molecule has 5 aromatic rings. The van der Waals surface area contributed by atoms with Crippen molar-refractivity contribution >= 4 is 50.6 Å². The van der Waals surface area contributed by atoms with Gasteiger partial charge in [0.25, 0.3) is 0 Å². The van der Waals surface area contributed by atoms with Crippen LogP contribution in [0.3, 0.4) is 0 Å². The highest BCUT2D eigenvalue weighted by Gasteiger charge is 2.20. The second kappa shape index (κ2) is 12.0. The zero-order valence-electron chi connectivity index (χ0n) is 22.2. The van der Waals surface area contributed by atoms with E-state index in [2.05, 4.69) is 42.8 Å². The van der Waals surface area contributed by atoms with Gasteiger partial charge in [0.1, 0.15) is 16.4 Å². The van der Waals surface area contributed by atoms with Crippen LogP contribution in [0, 0.1) is 0 Å². The fourth-order valence-corrected chi connectivity index (χ4v) is 5.62. The quantitative estimate of drug-likeness (QED) is 0.133. The SMILES string of the molecule is CCn1c(S/C(=C\c2cn(Cc3ccc(Br)cc3)c3ccccc23)C(=O)O)nnc1-c1cc(OC)cc(OC)c1. The van der Waals surface area contributed by atoms with Gasteiger partial charge >= 0.3 is 5.97 Å². The minimum absolute atomic E-state index is 0.142. The molecule has 0 unspecified atom stereocenters. The number of halogens is 1. The molecule has 0 radical (unpaired) electrons. The zero-order chi connectivity index (χ0) is 28.2. The van der Waals surface area contributed by atoms with E-state index in [1.54, 1.807) is 26.4 Å². The fourth-order valence-electron chi connectivity index (χ4n) is 4.48. The van der Waals surface area contributed by atoms with E-state index in [0.717, 1.165) is 43.8 Å². The van der Waals surface area contributed by atoms with E-state index in [-0.39, 0.29) is 4.91 Å². The van der Waals surface area contributed by atoms with Crippen LogP contribution in [0.2, 0.25) is 0 Å². The monoisotopic (exact) mass is 618 g/mol. The smallest absolute Gasteiger partial charge is 0.342 e. The normalized spacial score (nSPS) is 11.7. The van der Waals surface area contributed by atoms with E-state index in [0.29, 0.717) is 35.6 Å². The van der Waals surface area contributed by atoms with Crippen molar-refractivity contribution in [1.82, 2.24) is 19.3 Å². The van der Waals surface area contributed by atoms with Gasteiger partial charge in [-0.05, 0) is 60.7 Å². The molecule has 0 fully saturated rings. The number of rotatable bonds is 10. The first-order valence-corrected chi connectivity index (χ1v) is 14.1. The number of para-hydroxylation sites is 1. The molecule has 0 saturated carbocycles. The summed E-state index contributed by atoms with van der Waals surface area (Å²) in [4.78, 5) is 12.6. The van der Waals surface area contributed by atoms with Crippen LogP contribution in [0.4, 0.5) is 0 Å². The number of ether oxygens (including phenoxy) is 2. The molecule has 8 nitrogen and oxygen atoms in total. The molecule has 0 bridgehead atoms. The Kier molecular flexibility index (Phi) is 8.27. The molecule has 0 aliphatic rings. The number of carbonyl (C=O) groups is 1. The minimum atomic E-state index is -1.04. The van der Waals surface area contributed by atoms with Crippen LogP contribution in [0.15, 0.2) is 87.5 Å². The summed E-state index contributed by atoms with van der Waals surface area (Å²) in [5.41, 5.74) is 3.75. The highest BCUT2D eigenvalue weighted by atomic mass is 79.9. The summed E-state index contributed by atoms with van der Waals surface area (Å²) < 4.78 is 15.9. The van der Waals surface area contributed by atoms with Crippen molar-refractivity contribution < 1.29 is 19.4 Å². The lowest BCUT2D eigenvalue weighted by Crippen LogP contribution is -2.03. The first-order valence-electron chi connectivity index (χ1n) is 12.5. The lowest BCUT2D eigenvalue weighted by atomic mass is 10.1. The van der Waals surface area contributed by atoms with Gasteiger partial charge in [-0.2, -0.15) is 0 Å². The number of nitrogens with zero attached hydrogens (tertiary/aromatic N) is 4. The molecule has 0 atom stereocenters. The predicted molar refractivity (Wildman–Crippen MR) is 161 cm³/mol. The van der Waals surface area contributed by atoms with Gasteiger partial charge < -0.3 is 23.7 Å². The number of aliphatic carboxylic acids is 1. The molecule has 5 rings (SSSR count). The number of benzene rings is 3. The number of hydrogen-bond acceptors (Lipinski definition) is 6. The van der Waals surface area contributed by atoms with Gasteiger partial charge in [-0.15, -0.1) is 10.2 Å². The van der Waals surface area contributed by atoms with Crippen molar-refractivity contribution in [2.75, 3.05) is 14.2 Å². The van der Waals surface area contributed by atoms with Crippen LogP contribution in [0.5, 0.6) is 11.5 Å².